The number of nitrogens with zero attached hydrogens (tertiary/aromatic N) is 2. The number of rotatable bonds is 4. The minimum absolute atomic E-state index is 0.0873. The first-order chi connectivity index (χ1) is 9.51. The van der Waals surface area contributed by atoms with Crippen molar-refractivity contribution < 1.29 is 9.90 Å². The highest BCUT2D eigenvalue weighted by Gasteiger charge is 2.08. The van der Waals surface area contributed by atoms with Crippen LogP contribution in [-0.2, 0) is 13.0 Å². The lowest BCUT2D eigenvalue weighted by atomic mass is 10.2. The summed E-state index contributed by atoms with van der Waals surface area (Å²) in [6.45, 7) is 1.91. The van der Waals surface area contributed by atoms with Crippen LogP contribution in [-0.4, -0.2) is 25.6 Å². The highest BCUT2D eigenvalue weighted by atomic mass is 16.4. The van der Waals surface area contributed by atoms with Crippen LogP contribution in [0.15, 0.2) is 34.0 Å². The van der Waals surface area contributed by atoms with Crippen LogP contribution >= 0.6 is 0 Å². The van der Waals surface area contributed by atoms with E-state index in [-0.39, 0.29) is 12.2 Å². The fourth-order valence-electron chi connectivity index (χ4n) is 1.79. The maximum atomic E-state index is 11.7. The minimum Gasteiger partial charge on any atom is -0.477 e. The molecule has 104 valence electrons. The van der Waals surface area contributed by atoms with Crippen molar-refractivity contribution in [3.8, 4) is 0 Å². The summed E-state index contributed by atoms with van der Waals surface area (Å²) in [6.07, 6.45) is 1.97. The first kappa shape index (κ1) is 13.7. The number of H-pyrrole nitrogens is 1. The highest BCUT2D eigenvalue weighted by Crippen LogP contribution is 2.01. The molecule has 0 saturated heterocycles. The van der Waals surface area contributed by atoms with Crippen LogP contribution in [0.4, 0.5) is 0 Å². The van der Waals surface area contributed by atoms with Gasteiger partial charge in [0.2, 0.25) is 0 Å². The molecular formula is C13H13N3O4. The third-order valence-corrected chi connectivity index (χ3v) is 2.82. The molecule has 7 nitrogen and oxygen atoms in total. The molecule has 2 N–H and O–H groups in total. The molecule has 0 atom stereocenters. The Morgan fingerprint density at radius 2 is 2.15 bits per heavy atom. The minimum atomic E-state index is -1.13. The number of aromatic nitrogens is 3. The van der Waals surface area contributed by atoms with Gasteiger partial charge in [0.25, 0.3) is 5.56 Å². The third-order valence-electron chi connectivity index (χ3n) is 2.82. The van der Waals surface area contributed by atoms with Crippen LogP contribution in [0.1, 0.15) is 28.7 Å². The van der Waals surface area contributed by atoms with Gasteiger partial charge in [0.1, 0.15) is 5.69 Å². The topological polar surface area (TPSA) is 105 Å². The highest BCUT2D eigenvalue weighted by molar-refractivity contribution is 5.85. The Labute approximate surface area is 113 Å². The standard InChI is InChI=1S/C13H13N3O4/c1-2-8-6-16(13(20)15-11(8)17)7-9-4-3-5-10(14-9)12(18)19/h3-6H,2,7H2,1H3,(H,18,19)(H,15,17,20). The Kier molecular flexibility index (Phi) is 3.79. The largest absolute Gasteiger partial charge is 0.477 e. The molecule has 0 bridgehead atoms. The molecule has 0 aliphatic carbocycles. The number of hydrogen-bond donors (Lipinski definition) is 2. The number of carboxylic acids is 1. The normalized spacial score (nSPS) is 10.4. The number of aromatic amines is 1. The molecule has 0 unspecified atom stereocenters. The summed E-state index contributed by atoms with van der Waals surface area (Å²) in [5.41, 5.74) is -0.119. The quantitative estimate of drug-likeness (QED) is 0.831. The van der Waals surface area contributed by atoms with Crippen LogP contribution in [0.5, 0.6) is 0 Å². The zero-order chi connectivity index (χ0) is 14.7. The van der Waals surface area contributed by atoms with Gasteiger partial charge < -0.3 is 5.11 Å². The van der Waals surface area contributed by atoms with Crippen LogP contribution in [0.25, 0.3) is 0 Å². The lowest BCUT2D eigenvalue weighted by Crippen LogP contribution is -2.32. The number of pyridine rings is 1. The van der Waals surface area contributed by atoms with Crippen molar-refractivity contribution >= 4 is 5.97 Å². The average Bonchev–Trinajstić information content (AvgIpc) is 2.42. The van der Waals surface area contributed by atoms with Gasteiger partial charge in [-0.25, -0.2) is 14.6 Å². The molecule has 0 radical (unpaired) electrons. The number of hydrogen-bond acceptors (Lipinski definition) is 4. The first-order valence-corrected chi connectivity index (χ1v) is 6.03. The molecule has 2 rings (SSSR count). The second-order valence-corrected chi connectivity index (χ2v) is 4.21. The van der Waals surface area contributed by atoms with E-state index in [4.69, 9.17) is 5.11 Å². The predicted octanol–water partition coefficient (Wildman–Crippen LogP) is 0.240. The van der Waals surface area contributed by atoms with Crippen molar-refractivity contribution in [2.24, 2.45) is 0 Å². The molecule has 0 fully saturated rings. The fourth-order valence-corrected chi connectivity index (χ4v) is 1.79. The predicted molar refractivity (Wildman–Crippen MR) is 71.0 cm³/mol. The molecule has 0 aromatic carbocycles. The van der Waals surface area contributed by atoms with Gasteiger partial charge in [0, 0.05) is 11.8 Å². The summed E-state index contributed by atoms with van der Waals surface area (Å²) in [5.74, 6) is -1.13. The summed E-state index contributed by atoms with van der Waals surface area (Å²) in [4.78, 5) is 40.1. The van der Waals surface area contributed by atoms with E-state index in [9.17, 15) is 14.4 Å². The fraction of sp³-hybridized carbons (Fsp3) is 0.231. The van der Waals surface area contributed by atoms with Crippen molar-refractivity contribution in [2.45, 2.75) is 19.9 Å². The van der Waals surface area contributed by atoms with Gasteiger partial charge in [-0.3, -0.25) is 14.3 Å². The van der Waals surface area contributed by atoms with Gasteiger partial charge in [-0.2, -0.15) is 0 Å². The van der Waals surface area contributed by atoms with Crippen molar-refractivity contribution in [3.05, 3.63) is 62.2 Å². The van der Waals surface area contributed by atoms with Crippen LogP contribution in [0, 0.1) is 0 Å². The Bertz CT molecular complexity index is 761. The first-order valence-electron chi connectivity index (χ1n) is 6.03. The number of aromatic carboxylic acids is 1. The number of aryl methyl sites for hydroxylation is 1. The zero-order valence-electron chi connectivity index (χ0n) is 10.8. The van der Waals surface area contributed by atoms with Gasteiger partial charge in [0.05, 0.1) is 12.2 Å². The van der Waals surface area contributed by atoms with E-state index in [2.05, 4.69) is 9.97 Å². The second-order valence-electron chi connectivity index (χ2n) is 4.21. The molecule has 2 aromatic heterocycles. The van der Waals surface area contributed by atoms with Crippen molar-refractivity contribution in [2.75, 3.05) is 0 Å². The van der Waals surface area contributed by atoms with Crippen molar-refractivity contribution in [3.63, 3.8) is 0 Å². The van der Waals surface area contributed by atoms with E-state index in [0.29, 0.717) is 17.7 Å². The molecule has 2 aromatic rings. The second kappa shape index (κ2) is 5.52. The Hall–Kier alpha value is -2.70. The molecule has 0 aliphatic rings. The smallest absolute Gasteiger partial charge is 0.354 e. The molecule has 0 saturated carbocycles. The number of carboxylic acid groups (broad SMARTS) is 1. The van der Waals surface area contributed by atoms with E-state index in [1.165, 1.54) is 16.8 Å². The van der Waals surface area contributed by atoms with Crippen molar-refractivity contribution in [1.82, 2.24) is 14.5 Å². The van der Waals surface area contributed by atoms with E-state index in [0.717, 1.165) is 0 Å². The van der Waals surface area contributed by atoms with Gasteiger partial charge >= 0.3 is 11.7 Å². The summed E-state index contributed by atoms with van der Waals surface area (Å²) < 4.78 is 1.30. The molecule has 2 heterocycles. The van der Waals surface area contributed by atoms with E-state index < -0.39 is 17.2 Å². The summed E-state index contributed by atoms with van der Waals surface area (Å²) in [5, 5.41) is 8.87. The van der Waals surface area contributed by atoms with Gasteiger partial charge in [-0.15, -0.1) is 0 Å². The monoisotopic (exact) mass is 275 g/mol. The summed E-state index contributed by atoms with van der Waals surface area (Å²) in [6, 6.07) is 4.55. The number of carbonyl (C=O) groups is 1. The van der Waals surface area contributed by atoms with Gasteiger partial charge in [-0.1, -0.05) is 13.0 Å². The number of nitrogens with one attached hydrogen (secondary N) is 1. The third kappa shape index (κ3) is 2.82. The molecule has 20 heavy (non-hydrogen) atoms. The Balaban J connectivity index is 2.39. The van der Waals surface area contributed by atoms with Crippen LogP contribution < -0.4 is 11.2 Å². The van der Waals surface area contributed by atoms with Crippen molar-refractivity contribution in [1.29, 1.82) is 0 Å². The maximum Gasteiger partial charge on any atom is 0.354 e. The Morgan fingerprint density at radius 1 is 1.40 bits per heavy atom. The lowest BCUT2D eigenvalue weighted by Gasteiger charge is -2.06. The molecule has 0 amide bonds. The summed E-state index contributed by atoms with van der Waals surface area (Å²) >= 11 is 0. The van der Waals surface area contributed by atoms with E-state index >= 15 is 0 Å². The maximum absolute atomic E-state index is 11.7. The van der Waals surface area contributed by atoms with Gasteiger partial charge in [0.15, 0.2) is 0 Å². The average molecular weight is 275 g/mol. The zero-order valence-corrected chi connectivity index (χ0v) is 10.8. The molecular weight excluding hydrogens is 262 g/mol. The Morgan fingerprint density at radius 3 is 2.80 bits per heavy atom. The van der Waals surface area contributed by atoms with E-state index in [1.54, 1.807) is 12.1 Å². The van der Waals surface area contributed by atoms with Crippen LogP contribution in [0.3, 0.4) is 0 Å². The molecule has 0 aliphatic heterocycles. The van der Waals surface area contributed by atoms with Gasteiger partial charge in [-0.05, 0) is 18.6 Å². The molecule has 7 heteroatoms. The molecule has 0 spiro atoms. The van der Waals surface area contributed by atoms with Crippen LogP contribution in [0.2, 0.25) is 0 Å². The SMILES string of the molecule is CCc1cn(Cc2cccc(C(=O)O)n2)c(=O)[nH]c1=O. The summed E-state index contributed by atoms with van der Waals surface area (Å²) in [7, 11) is 0. The van der Waals surface area contributed by atoms with E-state index in [1.807, 2.05) is 6.92 Å². The lowest BCUT2D eigenvalue weighted by molar-refractivity contribution is 0.0690.